The van der Waals surface area contributed by atoms with E-state index in [4.69, 9.17) is 0 Å². The third kappa shape index (κ3) is 4.17. The average molecular weight is 290 g/mol. The molecular weight excluding hydrogens is 264 g/mol. The summed E-state index contributed by atoms with van der Waals surface area (Å²) >= 11 is 0. The minimum Gasteiger partial charge on any atom is -0.368 e. The van der Waals surface area contributed by atoms with E-state index in [0.29, 0.717) is 17.8 Å². The van der Waals surface area contributed by atoms with Crippen molar-refractivity contribution in [1.29, 1.82) is 0 Å². The van der Waals surface area contributed by atoms with Gasteiger partial charge in [-0.25, -0.2) is 4.98 Å². The molecule has 1 aliphatic heterocycles. The van der Waals surface area contributed by atoms with Gasteiger partial charge in [-0.05, 0) is 52.9 Å². The highest BCUT2D eigenvalue weighted by Gasteiger charge is 2.26. The van der Waals surface area contributed by atoms with Crippen molar-refractivity contribution in [2.45, 2.75) is 38.8 Å². The van der Waals surface area contributed by atoms with Crippen LogP contribution in [0.5, 0.6) is 0 Å². The molecular formula is C16H26N4O. The molecule has 1 unspecified atom stereocenters. The Labute approximate surface area is 127 Å². The van der Waals surface area contributed by atoms with Crippen LogP contribution in [0.2, 0.25) is 0 Å². The first kappa shape index (κ1) is 15.8. The van der Waals surface area contributed by atoms with E-state index in [1.54, 1.807) is 6.07 Å². The Morgan fingerprint density at radius 1 is 1.43 bits per heavy atom. The van der Waals surface area contributed by atoms with Crippen LogP contribution in [0.4, 0.5) is 5.82 Å². The van der Waals surface area contributed by atoms with Crippen LogP contribution in [0, 0.1) is 0 Å². The van der Waals surface area contributed by atoms with Crippen molar-refractivity contribution in [3.8, 4) is 0 Å². The summed E-state index contributed by atoms with van der Waals surface area (Å²) in [7, 11) is 4.15. The molecule has 0 saturated carbocycles. The van der Waals surface area contributed by atoms with E-state index in [-0.39, 0.29) is 5.91 Å². The standard InChI is InChI=1S/C16H26N4O/c1-12(2)17-15-9-5-8-14(18-15)16(21)20-10-6-7-13(11-20)19(3)4/h5,8-9,12-13H,6-7,10-11H2,1-4H3,(H,17,18). The van der Waals surface area contributed by atoms with Crippen molar-refractivity contribution in [3.63, 3.8) is 0 Å². The highest BCUT2D eigenvalue weighted by molar-refractivity contribution is 5.92. The molecule has 116 valence electrons. The number of likely N-dealkylation sites (tertiary alicyclic amines) is 1. The molecule has 5 nitrogen and oxygen atoms in total. The fourth-order valence-electron chi connectivity index (χ4n) is 2.65. The molecule has 1 aliphatic rings. The summed E-state index contributed by atoms with van der Waals surface area (Å²) in [5.41, 5.74) is 0.528. The van der Waals surface area contributed by atoms with Crippen LogP contribution in [-0.4, -0.2) is 60.0 Å². The van der Waals surface area contributed by atoms with Crippen LogP contribution in [0.1, 0.15) is 37.2 Å². The van der Waals surface area contributed by atoms with Crippen molar-refractivity contribution in [2.75, 3.05) is 32.5 Å². The van der Waals surface area contributed by atoms with Crippen LogP contribution in [-0.2, 0) is 0 Å². The Hall–Kier alpha value is -1.62. The lowest BCUT2D eigenvalue weighted by Crippen LogP contribution is -2.47. The molecule has 1 amide bonds. The van der Waals surface area contributed by atoms with Crippen LogP contribution in [0.3, 0.4) is 0 Å². The molecule has 5 heteroatoms. The van der Waals surface area contributed by atoms with E-state index >= 15 is 0 Å². The maximum Gasteiger partial charge on any atom is 0.272 e. The second-order valence-electron chi connectivity index (χ2n) is 6.22. The normalized spacial score (nSPS) is 19.1. The van der Waals surface area contributed by atoms with Crippen molar-refractivity contribution >= 4 is 11.7 Å². The number of pyridine rings is 1. The minimum atomic E-state index is 0.0361. The fourth-order valence-corrected chi connectivity index (χ4v) is 2.65. The Morgan fingerprint density at radius 3 is 2.86 bits per heavy atom. The van der Waals surface area contributed by atoms with E-state index in [1.165, 1.54) is 0 Å². The molecule has 0 spiro atoms. The summed E-state index contributed by atoms with van der Waals surface area (Å²) in [6.07, 6.45) is 2.21. The van der Waals surface area contributed by atoms with Crippen LogP contribution in [0.15, 0.2) is 18.2 Å². The van der Waals surface area contributed by atoms with Crippen LogP contribution >= 0.6 is 0 Å². The number of hydrogen-bond donors (Lipinski definition) is 1. The SMILES string of the molecule is CC(C)Nc1cccc(C(=O)N2CCCC(N(C)C)C2)n1. The summed E-state index contributed by atoms with van der Waals surface area (Å²) in [6.45, 7) is 5.73. The second kappa shape index (κ2) is 6.89. The number of nitrogens with zero attached hydrogens (tertiary/aromatic N) is 3. The second-order valence-corrected chi connectivity index (χ2v) is 6.22. The average Bonchev–Trinajstić information content (AvgIpc) is 2.46. The summed E-state index contributed by atoms with van der Waals surface area (Å²) in [6, 6.07) is 6.33. The van der Waals surface area contributed by atoms with Gasteiger partial charge in [0.2, 0.25) is 0 Å². The lowest BCUT2D eigenvalue weighted by Gasteiger charge is -2.36. The smallest absolute Gasteiger partial charge is 0.272 e. The van der Waals surface area contributed by atoms with Gasteiger partial charge >= 0.3 is 0 Å². The maximum absolute atomic E-state index is 12.6. The van der Waals surface area contributed by atoms with E-state index in [1.807, 2.05) is 17.0 Å². The quantitative estimate of drug-likeness (QED) is 0.922. The molecule has 1 atom stereocenters. The Kier molecular flexibility index (Phi) is 5.17. The zero-order valence-corrected chi connectivity index (χ0v) is 13.5. The highest BCUT2D eigenvalue weighted by Crippen LogP contribution is 2.16. The third-order valence-corrected chi connectivity index (χ3v) is 3.82. The number of aromatic nitrogens is 1. The molecule has 1 N–H and O–H groups in total. The predicted octanol–water partition coefficient (Wildman–Crippen LogP) is 2.07. The van der Waals surface area contributed by atoms with E-state index in [9.17, 15) is 4.79 Å². The Balaban J connectivity index is 2.08. The van der Waals surface area contributed by atoms with Crippen molar-refractivity contribution in [3.05, 3.63) is 23.9 Å². The zero-order valence-electron chi connectivity index (χ0n) is 13.5. The number of anilines is 1. The monoisotopic (exact) mass is 290 g/mol. The summed E-state index contributed by atoms with van der Waals surface area (Å²) in [5.74, 6) is 0.797. The van der Waals surface area contributed by atoms with Gasteiger partial charge in [-0.2, -0.15) is 0 Å². The van der Waals surface area contributed by atoms with Gasteiger partial charge in [-0.1, -0.05) is 6.07 Å². The Bertz CT molecular complexity index is 487. The van der Waals surface area contributed by atoms with Crippen molar-refractivity contribution in [2.24, 2.45) is 0 Å². The molecule has 1 saturated heterocycles. The molecule has 0 aromatic carbocycles. The number of likely N-dealkylation sites (N-methyl/N-ethyl adjacent to an activating group) is 1. The Morgan fingerprint density at radius 2 is 2.19 bits per heavy atom. The first-order chi connectivity index (χ1) is 9.97. The van der Waals surface area contributed by atoms with Gasteiger partial charge in [0, 0.05) is 25.2 Å². The number of hydrogen-bond acceptors (Lipinski definition) is 4. The first-order valence-corrected chi connectivity index (χ1v) is 7.66. The van der Waals surface area contributed by atoms with Gasteiger partial charge in [-0.15, -0.1) is 0 Å². The number of piperidine rings is 1. The van der Waals surface area contributed by atoms with Crippen molar-refractivity contribution in [1.82, 2.24) is 14.8 Å². The zero-order chi connectivity index (χ0) is 15.4. The maximum atomic E-state index is 12.6. The number of nitrogens with one attached hydrogen (secondary N) is 1. The van der Waals surface area contributed by atoms with Gasteiger partial charge in [-0.3, -0.25) is 4.79 Å². The third-order valence-electron chi connectivity index (χ3n) is 3.82. The minimum absolute atomic E-state index is 0.0361. The van der Waals surface area contributed by atoms with Gasteiger partial charge < -0.3 is 15.1 Å². The first-order valence-electron chi connectivity index (χ1n) is 7.66. The number of rotatable bonds is 4. The van der Waals surface area contributed by atoms with Gasteiger partial charge in [0.15, 0.2) is 0 Å². The lowest BCUT2D eigenvalue weighted by molar-refractivity contribution is 0.0629. The number of carbonyl (C=O) groups excluding carboxylic acids is 1. The summed E-state index contributed by atoms with van der Waals surface area (Å²) in [5, 5.41) is 3.24. The number of carbonyl (C=O) groups is 1. The van der Waals surface area contributed by atoms with Gasteiger partial charge in [0.05, 0.1) is 0 Å². The fraction of sp³-hybridized carbons (Fsp3) is 0.625. The van der Waals surface area contributed by atoms with Crippen molar-refractivity contribution < 1.29 is 4.79 Å². The molecule has 21 heavy (non-hydrogen) atoms. The van der Waals surface area contributed by atoms with Crippen LogP contribution < -0.4 is 5.32 Å². The predicted molar refractivity (Wildman–Crippen MR) is 85.6 cm³/mol. The topological polar surface area (TPSA) is 48.5 Å². The molecule has 1 aromatic heterocycles. The van der Waals surface area contributed by atoms with Gasteiger partial charge in [0.25, 0.3) is 5.91 Å². The van der Waals surface area contributed by atoms with E-state index in [0.717, 1.165) is 31.7 Å². The molecule has 2 rings (SSSR count). The highest BCUT2D eigenvalue weighted by atomic mass is 16.2. The van der Waals surface area contributed by atoms with Crippen LogP contribution in [0.25, 0.3) is 0 Å². The number of amides is 1. The molecule has 1 fully saturated rings. The molecule has 2 heterocycles. The molecule has 0 aliphatic carbocycles. The summed E-state index contributed by atoms with van der Waals surface area (Å²) in [4.78, 5) is 21.2. The molecule has 0 radical (unpaired) electrons. The van der Waals surface area contributed by atoms with E-state index in [2.05, 4.69) is 43.1 Å². The lowest BCUT2D eigenvalue weighted by atomic mass is 10.0. The largest absolute Gasteiger partial charge is 0.368 e. The molecule has 1 aromatic rings. The van der Waals surface area contributed by atoms with E-state index < -0.39 is 0 Å². The molecule has 0 bridgehead atoms. The summed E-state index contributed by atoms with van der Waals surface area (Å²) < 4.78 is 0. The van der Waals surface area contributed by atoms with Gasteiger partial charge in [0.1, 0.15) is 11.5 Å².